The molecule has 0 fully saturated rings. The SMILES string of the molecule is CCn1cc(S(=O)(=O)Nc2ccc(S(=O)(=O)Nc3ccccc3OC)cc2)cn1. The number of methoxy groups -OCH3 is 1. The van der Waals surface area contributed by atoms with Crippen LogP contribution >= 0.6 is 0 Å². The first-order valence-electron chi connectivity index (χ1n) is 8.56. The normalized spacial score (nSPS) is 11.8. The van der Waals surface area contributed by atoms with Crippen LogP contribution in [0.5, 0.6) is 5.75 Å². The molecule has 3 aromatic rings. The summed E-state index contributed by atoms with van der Waals surface area (Å²) < 4.78 is 61.5. The van der Waals surface area contributed by atoms with Gasteiger partial charge in [0.25, 0.3) is 20.0 Å². The van der Waals surface area contributed by atoms with Crippen molar-refractivity contribution < 1.29 is 21.6 Å². The first-order chi connectivity index (χ1) is 13.7. The van der Waals surface area contributed by atoms with Gasteiger partial charge in [0.1, 0.15) is 10.6 Å². The van der Waals surface area contributed by atoms with Crippen LogP contribution in [0, 0.1) is 0 Å². The molecule has 1 aromatic heterocycles. The Hall–Kier alpha value is -3.05. The van der Waals surface area contributed by atoms with Crippen molar-refractivity contribution in [3.05, 3.63) is 60.9 Å². The van der Waals surface area contributed by atoms with E-state index in [0.717, 1.165) is 0 Å². The van der Waals surface area contributed by atoms with Gasteiger partial charge in [-0.05, 0) is 43.3 Å². The van der Waals surface area contributed by atoms with Crippen molar-refractivity contribution in [1.29, 1.82) is 0 Å². The van der Waals surface area contributed by atoms with Gasteiger partial charge in [0.2, 0.25) is 0 Å². The molecule has 2 aromatic carbocycles. The molecule has 0 aliphatic heterocycles. The Bertz CT molecular complexity index is 1200. The van der Waals surface area contributed by atoms with Crippen molar-refractivity contribution >= 4 is 31.4 Å². The van der Waals surface area contributed by atoms with E-state index in [-0.39, 0.29) is 15.5 Å². The molecule has 0 amide bonds. The van der Waals surface area contributed by atoms with Crippen molar-refractivity contribution in [2.45, 2.75) is 23.3 Å². The average Bonchev–Trinajstić information content (AvgIpc) is 3.19. The van der Waals surface area contributed by atoms with E-state index in [1.807, 2.05) is 6.92 Å². The molecule has 0 atom stereocenters. The molecule has 0 aliphatic rings. The summed E-state index contributed by atoms with van der Waals surface area (Å²) in [4.78, 5) is -0.000885. The molecule has 0 spiro atoms. The van der Waals surface area contributed by atoms with Crippen molar-refractivity contribution in [3.63, 3.8) is 0 Å². The van der Waals surface area contributed by atoms with Crippen LogP contribution in [0.4, 0.5) is 11.4 Å². The predicted octanol–water partition coefficient (Wildman–Crippen LogP) is 2.51. The van der Waals surface area contributed by atoms with E-state index in [4.69, 9.17) is 4.74 Å². The molecular weight excluding hydrogens is 416 g/mol. The predicted molar refractivity (Wildman–Crippen MR) is 109 cm³/mol. The number of aryl methyl sites for hydroxylation is 1. The van der Waals surface area contributed by atoms with Gasteiger partial charge in [-0.2, -0.15) is 5.10 Å². The molecule has 1 heterocycles. The molecule has 0 bridgehead atoms. The largest absolute Gasteiger partial charge is 0.495 e. The topological polar surface area (TPSA) is 119 Å². The van der Waals surface area contributed by atoms with E-state index in [9.17, 15) is 16.8 Å². The summed E-state index contributed by atoms with van der Waals surface area (Å²) in [5, 5.41) is 3.94. The summed E-state index contributed by atoms with van der Waals surface area (Å²) in [6, 6.07) is 12.0. The van der Waals surface area contributed by atoms with Crippen LogP contribution in [0.2, 0.25) is 0 Å². The maximum absolute atomic E-state index is 12.6. The Morgan fingerprint density at radius 3 is 2.21 bits per heavy atom. The number of rotatable bonds is 8. The molecule has 0 unspecified atom stereocenters. The fraction of sp³-hybridized carbons (Fsp3) is 0.167. The second-order valence-corrected chi connectivity index (χ2v) is 9.33. The minimum absolute atomic E-state index is 0.0221. The van der Waals surface area contributed by atoms with Crippen LogP contribution in [0.1, 0.15) is 6.92 Å². The first-order valence-corrected chi connectivity index (χ1v) is 11.5. The van der Waals surface area contributed by atoms with Crippen LogP contribution in [0.15, 0.2) is 70.7 Å². The minimum Gasteiger partial charge on any atom is -0.495 e. The molecule has 3 rings (SSSR count). The number of benzene rings is 2. The number of hydrogen-bond acceptors (Lipinski definition) is 6. The van der Waals surface area contributed by atoms with Gasteiger partial charge in [-0.25, -0.2) is 16.8 Å². The number of para-hydroxylation sites is 2. The average molecular weight is 437 g/mol. The summed E-state index contributed by atoms with van der Waals surface area (Å²) in [5.41, 5.74) is 0.526. The van der Waals surface area contributed by atoms with Crippen LogP contribution < -0.4 is 14.2 Å². The van der Waals surface area contributed by atoms with Gasteiger partial charge in [0.15, 0.2) is 0 Å². The Balaban J connectivity index is 1.78. The second-order valence-electron chi connectivity index (χ2n) is 5.97. The third-order valence-corrected chi connectivity index (χ3v) is 6.73. The fourth-order valence-corrected chi connectivity index (χ4v) is 4.59. The summed E-state index contributed by atoms with van der Waals surface area (Å²) in [7, 11) is -6.26. The number of nitrogens with zero attached hydrogens (tertiary/aromatic N) is 2. The number of nitrogens with one attached hydrogen (secondary N) is 2. The molecular formula is C18H20N4O5S2. The van der Waals surface area contributed by atoms with Crippen LogP contribution in [-0.2, 0) is 26.6 Å². The zero-order chi connectivity index (χ0) is 21.1. The monoisotopic (exact) mass is 436 g/mol. The molecule has 0 saturated carbocycles. The summed E-state index contributed by atoms with van der Waals surface area (Å²) in [6.07, 6.45) is 2.67. The van der Waals surface area contributed by atoms with Gasteiger partial charge in [-0.1, -0.05) is 12.1 Å². The van der Waals surface area contributed by atoms with Gasteiger partial charge in [0, 0.05) is 18.4 Å². The highest BCUT2D eigenvalue weighted by molar-refractivity contribution is 7.93. The Morgan fingerprint density at radius 1 is 0.931 bits per heavy atom. The highest BCUT2D eigenvalue weighted by atomic mass is 32.2. The third-order valence-electron chi connectivity index (χ3n) is 4.01. The van der Waals surface area contributed by atoms with Crippen molar-refractivity contribution in [2.75, 3.05) is 16.6 Å². The van der Waals surface area contributed by atoms with Crippen LogP contribution in [-0.4, -0.2) is 33.7 Å². The number of anilines is 2. The molecule has 154 valence electrons. The van der Waals surface area contributed by atoms with Crippen molar-refractivity contribution in [3.8, 4) is 5.75 Å². The third kappa shape index (κ3) is 4.69. The zero-order valence-corrected chi connectivity index (χ0v) is 17.4. The van der Waals surface area contributed by atoms with Crippen molar-refractivity contribution in [2.24, 2.45) is 0 Å². The fourth-order valence-electron chi connectivity index (χ4n) is 2.51. The van der Waals surface area contributed by atoms with Crippen LogP contribution in [0.3, 0.4) is 0 Å². The Kier molecular flexibility index (Phi) is 5.80. The molecule has 29 heavy (non-hydrogen) atoms. The molecule has 11 heteroatoms. The highest BCUT2D eigenvalue weighted by Crippen LogP contribution is 2.26. The van der Waals surface area contributed by atoms with Crippen molar-refractivity contribution in [1.82, 2.24) is 9.78 Å². The van der Waals surface area contributed by atoms with Crippen LogP contribution in [0.25, 0.3) is 0 Å². The number of ether oxygens (including phenoxy) is 1. The maximum Gasteiger partial charge on any atom is 0.265 e. The Morgan fingerprint density at radius 2 is 1.59 bits per heavy atom. The molecule has 0 aliphatic carbocycles. The number of hydrogen-bond donors (Lipinski definition) is 2. The smallest absolute Gasteiger partial charge is 0.265 e. The van der Waals surface area contributed by atoms with E-state index in [1.165, 1.54) is 48.5 Å². The molecule has 2 N–H and O–H groups in total. The first kappa shape index (κ1) is 20.7. The molecule has 0 radical (unpaired) electrons. The lowest BCUT2D eigenvalue weighted by atomic mass is 10.3. The van der Waals surface area contributed by atoms with Gasteiger partial charge >= 0.3 is 0 Å². The van der Waals surface area contributed by atoms with E-state index in [2.05, 4.69) is 14.5 Å². The summed E-state index contributed by atoms with van der Waals surface area (Å²) in [5.74, 6) is 0.382. The zero-order valence-electron chi connectivity index (χ0n) is 15.7. The molecule has 0 saturated heterocycles. The van der Waals surface area contributed by atoms with Gasteiger partial charge in [-0.15, -0.1) is 0 Å². The summed E-state index contributed by atoms with van der Waals surface area (Å²) >= 11 is 0. The highest BCUT2D eigenvalue weighted by Gasteiger charge is 2.19. The van der Waals surface area contributed by atoms with E-state index in [1.54, 1.807) is 24.3 Å². The lowest BCUT2D eigenvalue weighted by Gasteiger charge is -2.12. The minimum atomic E-state index is -3.88. The van der Waals surface area contributed by atoms with E-state index < -0.39 is 20.0 Å². The van der Waals surface area contributed by atoms with E-state index in [0.29, 0.717) is 18.0 Å². The summed E-state index contributed by atoms with van der Waals surface area (Å²) in [6.45, 7) is 2.39. The Labute approximate surface area is 169 Å². The quantitative estimate of drug-likeness (QED) is 0.560. The van der Waals surface area contributed by atoms with Gasteiger partial charge in [-0.3, -0.25) is 14.1 Å². The van der Waals surface area contributed by atoms with Gasteiger partial charge in [0.05, 0.1) is 23.9 Å². The number of sulfonamides is 2. The number of aromatic nitrogens is 2. The van der Waals surface area contributed by atoms with E-state index >= 15 is 0 Å². The standard InChI is InChI=1S/C18H20N4O5S2/c1-3-22-13-16(12-19-22)29(25,26)20-14-8-10-15(11-9-14)28(23,24)21-17-6-4-5-7-18(17)27-2/h4-13,20-21H,3H2,1-2H3. The lowest BCUT2D eigenvalue weighted by molar-refractivity contribution is 0.417. The molecule has 9 nitrogen and oxygen atoms in total. The second kappa shape index (κ2) is 8.13. The maximum atomic E-state index is 12.6. The lowest BCUT2D eigenvalue weighted by Crippen LogP contribution is -2.14. The van der Waals surface area contributed by atoms with Gasteiger partial charge < -0.3 is 4.74 Å².